The Bertz CT molecular complexity index is 856. The highest BCUT2D eigenvalue weighted by molar-refractivity contribution is 8.00. The molecule has 2 aliphatic carbocycles. The maximum absolute atomic E-state index is 12.4. The topological polar surface area (TPSA) is 52.1 Å². The summed E-state index contributed by atoms with van der Waals surface area (Å²) in [6.45, 7) is 6.58. The third kappa shape index (κ3) is 4.38. The van der Waals surface area contributed by atoms with Crippen LogP contribution in [-0.4, -0.2) is 27.8 Å². The van der Waals surface area contributed by atoms with E-state index >= 15 is 0 Å². The summed E-state index contributed by atoms with van der Waals surface area (Å²) in [5.74, 6) is 2.12. The normalized spacial score (nSPS) is 20.5. The number of thioether (sulfide) groups is 1. The van der Waals surface area contributed by atoms with Crippen LogP contribution in [0.1, 0.15) is 81.5 Å². The summed E-state index contributed by atoms with van der Waals surface area (Å²) in [6, 6.07) is 0. The van der Waals surface area contributed by atoms with Crippen LogP contribution in [0.3, 0.4) is 0 Å². The zero-order chi connectivity index (χ0) is 19.7. The molecule has 1 fully saturated rings. The van der Waals surface area contributed by atoms with Crippen LogP contribution in [-0.2, 0) is 22.4 Å². The third-order valence-corrected chi connectivity index (χ3v) is 7.93. The van der Waals surface area contributed by atoms with Gasteiger partial charge >= 0.3 is 5.97 Å². The van der Waals surface area contributed by atoms with Crippen LogP contribution < -0.4 is 0 Å². The number of nitrogens with zero attached hydrogens (tertiary/aromatic N) is 2. The number of carbonyl (C=O) groups excluding carboxylic acids is 1. The Labute approximate surface area is 175 Å². The summed E-state index contributed by atoms with van der Waals surface area (Å²) in [4.78, 5) is 24.7. The van der Waals surface area contributed by atoms with Crippen LogP contribution in [0.25, 0.3) is 10.2 Å². The van der Waals surface area contributed by atoms with E-state index in [-0.39, 0.29) is 18.0 Å². The molecular weight excluding hydrogens is 388 g/mol. The first-order valence-corrected chi connectivity index (χ1v) is 12.5. The average molecular weight is 419 g/mol. The van der Waals surface area contributed by atoms with Crippen molar-refractivity contribution >= 4 is 39.3 Å². The van der Waals surface area contributed by atoms with Crippen LogP contribution in [0.15, 0.2) is 5.03 Å². The molecule has 0 saturated heterocycles. The molecule has 0 radical (unpaired) electrons. The van der Waals surface area contributed by atoms with Crippen LogP contribution in [0, 0.1) is 5.92 Å². The molecule has 0 N–H and O–H groups in total. The first kappa shape index (κ1) is 20.1. The van der Waals surface area contributed by atoms with Gasteiger partial charge in [-0.2, -0.15) is 0 Å². The van der Waals surface area contributed by atoms with Gasteiger partial charge < -0.3 is 4.74 Å². The van der Waals surface area contributed by atoms with Gasteiger partial charge in [0.2, 0.25) is 0 Å². The number of hydrogen-bond donors (Lipinski definition) is 0. The Balaban J connectivity index is 1.56. The molecule has 6 heteroatoms. The van der Waals surface area contributed by atoms with Crippen molar-refractivity contribution in [1.29, 1.82) is 0 Å². The number of thiophene rings is 1. The molecule has 152 valence electrons. The quantitative estimate of drug-likeness (QED) is 0.343. The van der Waals surface area contributed by atoms with Gasteiger partial charge in [0, 0.05) is 16.2 Å². The maximum atomic E-state index is 12.4. The molecule has 2 aromatic heterocycles. The van der Waals surface area contributed by atoms with Crippen LogP contribution in [0.2, 0.25) is 0 Å². The fourth-order valence-electron chi connectivity index (χ4n) is 4.22. The molecule has 4 rings (SSSR count). The second-order valence-electron chi connectivity index (χ2n) is 8.61. The Morgan fingerprint density at radius 1 is 1.21 bits per heavy atom. The molecule has 1 saturated carbocycles. The van der Waals surface area contributed by atoms with Gasteiger partial charge in [0.05, 0.1) is 5.75 Å². The number of ether oxygens (including phenoxy) is 1. The predicted molar refractivity (Wildman–Crippen MR) is 116 cm³/mol. The first-order valence-electron chi connectivity index (χ1n) is 10.7. The van der Waals surface area contributed by atoms with Crippen molar-refractivity contribution in [3.8, 4) is 0 Å². The lowest BCUT2D eigenvalue weighted by Crippen LogP contribution is -2.22. The molecule has 28 heavy (non-hydrogen) atoms. The van der Waals surface area contributed by atoms with Crippen molar-refractivity contribution in [2.45, 2.75) is 89.2 Å². The van der Waals surface area contributed by atoms with Gasteiger partial charge in [-0.1, -0.05) is 39.0 Å². The maximum Gasteiger partial charge on any atom is 0.316 e. The molecule has 2 heterocycles. The molecule has 0 aromatic carbocycles. The van der Waals surface area contributed by atoms with E-state index in [2.05, 4.69) is 20.8 Å². The lowest BCUT2D eigenvalue weighted by atomic mass is 9.89. The van der Waals surface area contributed by atoms with Crippen molar-refractivity contribution in [1.82, 2.24) is 9.97 Å². The molecule has 0 unspecified atom stereocenters. The smallest absolute Gasteiger partial charge is 0.316 e. The number of carbonyl (C=O) groups is 1. The van der Waals surface area contributed by atoms with Crippen molar-refractivity contribution in [2.24, 2.45) is 5.92 Å². The highest BCUT2D eigenvalue weighted by atomic mass is 32.2. The standard InChI is InChI=1S/C22H30N2O2S2/c1-13(2)20-23-21(27-12-18(25)26-15-7-5-4-6-8-15)19-16-10-9-14(3)11-17(16)28-22(19)24-20/h13-15H,4-12H2,1-3H3/t14-/m0/s1. The highest BCUT2D eigenvalue weighted by Gasteiger charge is 2.25. The van der Waals surface area contributed by atoms with E-state index in [1.807, 2.05) is 11.3 Å². The number of fused-ring (bicyclic) bond motifs is 3. The van der Waals surface area contributed by atoms with Crippen LogP contribution >= 0.6 is 23.1 Å². The van der Waals surface area contributed by atoms with Gasteiger partial charge in [-0.05, 0) is 56.4 Å². The van der Waals surface area contributed by atoms with Crippen molar-refractivity contribution in [3.05, 3.63) is 16.3 Å². The number of hydrogen-bond acceptors (Lipinski definition) is 6. The van der Waals surface area contributed by atoms with E-state index in [4.69, 9.17) is 14.7 Å². The lowest BCUT2D eigenvalue weighted by Gasteiger charge is -2.21. The van der Waals surface area contributed by atoms with Gasteiger partial charge in [0.1, 0.15) is 21.8 Å². The van der Waals surface area contributed by atoms with Crippen LogP contribution in [0.5, 0.6) is 0 Å². The van der Waals surface area contributed by atoms with Gasteiger partial charge in [-0.15, -0.1) is 11.3 Å². The molecule has 1 atom stereocenters. The predicted octanol–water partition coefficient (Wildman–Crippen LogP) is 5.91. The van der Waals surface area contributed by atoms with Gasteiger partial charge in [-0.25, -0.2) is 9.97 Å². The Kier molecular flexibility index (Phi) is 6.26. The fraction of sp³-hybridized carbons (Fsp3) is 0.682. The van der Waals surface area contributed by atoms with E-state index in [9.17, 15) is 4.79 Å². The monoisotopic (exact) mass is 418 g/mol. The molecule has 4 nitrogen and oxygen atoms in total. The zero-order valence-corrected chi connectivity index (χ0v) is 18.8. The van der Waals surface area contributed by atoms with Crippen molar-refractivity contribution in [2.75, 3.05) is 5.75 Å². The Morgan fingerprint density at radius 2 is 2.00 bits per heavy atom. The number of esters is 1. The molecule has 0 amide bonds. The van der Waals surface area contributed by atoms with E-state index < -0.39 is 0 Å². The van der Waals surface area contributed by atoms with E-state index in [0.29, 0.717) is 5.75 Å². The first-order chi connectivity index (χ1) is 13.5. The lowest BCUT2D eigenvalue weighted by molar-refractivity contribution is -0.147. The van der Waals surface area contributed by atoms with Gasteiger partial charge in [0.15, 0.2) is 0 Å². The Hall–Kier alpha value is -1.14. The van der Waals surface area contributed by atoms with Crippen LogP contribution in [0.4, 0.5) is 0 Å². The molecule has 2 aliphatic rings. The zero-order valence-electron chi connectivity index (χ0n) is 17.1. The molecule has 0 bridgehead atoms. The van der Waals surface area contributed by atoms with Gasteiger partial charge in [-0.3, -0.25) is 4.79 Å². The fourth-order valence-corrected chi connectivity index (χ4v) is 6.52. The van der Waals surface area contributed by atoms with E-state index in [0.717, 1.165) is 47.3 Å². The third-order valence-electron chi connectivity index (χ3n) is 5.83. The SMILES string of the molecule is CC(C)c1nc(SCC(=O)OC2CCCCC2)c2c3c(sc2n1)C[C@@H](C)CC3. The van der Waals surface area contributed by atoms with Gasteiger partial charge in [0.25, 0.3) is 0 Å². The van der Waals surface area contributed by atoms with E-state index in [1.54, 1.807) is 0 Å². The summed E-state index contributed by atoms with van der Waals surface area (Å²) in [7, 11) is 0. The van der Waals surface area contributed by atoms with Crippen molar-refractivity contribution in [3.63, 3.8) is 0 Å². The number of aryl methyl sites for hydroxylation is 1. The summed E-state index contributed by atoms with van der Waals surface area (Å²) in [6.07, 6.45) is 9.23. The molecule has 0 aliphatic heterocycles. The summed E-state index contributed by atoms with van der Waals surface area (Å²) >= 11 is 3.37. The minimum atomic E-state index is -0.104. The minimum Gasteiger partial charge on any atom is -0.462 e. The molecule has 2 aromatic rings. The molecule has 0 spiro atoms. The minimum absolute atomic E-state index is 0.104. The number of rotatable bonds is 5. The summed E-state index contributed by atoms with van der Waals surface area (Å²) < 4.78 is 5.71. The van der Waals surface area contributed by atoms with E-state index in [1.165, 1.54) is 53.3 Å². The van der Waals surface area contributed by atoms with Crippen molar-refractivity contribution < 1.29 is 9.53 Å². The largest absolute Gasteiger partial charge is 0.462 e. The number of aromatic nitrogens is 2. The summed E-state index contributed by atoms with van der Waals surface area (Å²) in [5.41, 5.74) is 1.43. The molecular formula is C22H30N2O2S2. The Morgan fingerprint density at radius 3 is 2.75 bits per heavy atom. The average Bonchev–Trinajstić information content (AvgIpc) is 3.04. The summed E-state index contributed by atoms with van der Waals surface area (Å²) in [5, 5.41) is 2.17. The highest BCUT2D eigenvalue weighted by Crippen LogP contribution is 2.41. The second kappa shape index (κ2) is 8.70. The second-order valence-corrected chi connectivity index (χ2v) is 10.7.